The summed E-state index contributed by atoms with van der Waals surface area (Å²) in [6.07, 6.45) is 0.908. The fourth-order valence-corrected chi connectivity index (χ4v) is 2.62. The standard InChI is InChI=1S/C14H16N2OS2/c1-10-13(19-9-16-10)5-6-17-8-11-3-2-4-12(7-11)14(15)18/h2-4,7,9H,5-6,8H2,1H3,(H2,15,18). The molecule has 0 saturated heterocycles. The molecule has 2 aromatic rings. The Morgan fingerprint density at radius 1 is 1.47 bits per heavy atom. The van der Waals surface area contributed by atoms with Crippen LogP contribution in [-0.4, -0.2) is 16.6 Å². The van der Waals surface area contributed by atoms with Crippen molar-refractivity contribution in [2.24, 2.45) is 5.73 Å². The lowest BCUT2D eigenvalue weighted by Crippen LogP contribution is -2.09. The number of hydrogen-bond acceptors (Lipinski definition) is 4. The lowest BCUT2D eigenvalue weighted by molar-refractivity contribution is 0.124. The Kier molecular flexibility index (Phi) is 5.01. The van der Waals surface area contributed by atoms with E-state index in [-0.39, 0.29) is 0 Å². The van der Waals surface area contributed by atoms with E-state index in [4.69, 9.17) is 22.7 Å². The first kappa shape index (κ1) is 14.1. The van der Waals surface area contributed by atoms with Crippen LogP contribution in [0.1, 0.15) is 21.7 Å². The maximum atomic E-state index is 5.68. The molecule has 0 unspecified atom stereocenters. The molecule has 1 aromatic heterocycles. The van der Waals surface area contributed by atoms with Crippen molar-refractivity contribution in [2.75, 3.05) is 6.61 Å². The lowest BCUT2D eigenvalue weighted by atomic mass is 10.1. The summed E-state index contributed by atoms with van der Waals surface area (Å²) in [4.78, 5) is 5.93. The van der Waals surface area contributed by atoms with Crippen LogP contribution in [0.5, 0.6) is 0 Å². The fourth-order valence-electron chi connectivity index (χ4n) is 1.74. The van der Waals surface area contributed by atoms with Crippen LogP contribution in [0.4, 0.5) is 0 Å². The molecule has 100 valence electrons. The zero-order valence-electron chi connectivity index (χ0n) is 10.8. The molecule has 0 atom stereocenters. The molecule has 0 bridgehead atoms. The summed E-state index contributed by atoms with van der Waals surface area (Å²) in [6.45, 7) is 3.30. The van der Waals surface area contributed by atoms with Crippen molar-refractivity contribution in [1.82, 2.24) is 4.98 Å². The second kappa shape index (κ2) is 6.75. The average Bonchev–Trinajstić information content (AvgIpc) is 2.81. The number of hydrogen-bond donors (Lipinski definition) is 1. The van der Waals surface area contributed by atoms with Crippen LogP contribution >= 0.6 is 23.6 Å². The van der Waals surface area contributed by atoms with Crippen LogP contribution in [0.2, 0.25) is 0 Å². The van der Waals surface area contributed by atoms with Crippen LogP contribution < -0.4 is 5.73 Å². The summed E-state index contributed by atoms with van der Waals surface area (Å²) in [5.74, 6) is 0. The normalized spacial score (nSPS) is 10.6. The number of benzene rings is 1. The first-order valence-corrected chi connectivity index (χ1v) is 7.31. The van der Waals surface area contributed by atoms with Crippen LogP contribution in [0, 0.1) is 6.92 Å². The van der Waals surface area contributed by atoms with Crippen molar-refractivity contribution in [3.05, 3.63) is 51.5 Å². The average molecular weight is 292 g/mol. The van der Waals surface area contributed by atoms with Gasteiger partial charge in [-0.3, -0.25) is 0 Å². The minimum atomic E-state index is 0.419. The molecule has 0 aliphatic heterocycles. The summed E-state index contributed by atoms with van der Waals surface area (Å²) >= 11 is 6.63. The fraction of sp³-hybridized carbons (Fsp3) is 0.286. The van der Waals surface area contributed by atoms with Crippen molar-refractivity contribution in [1.29, 1.82) is 0 Å². The maximum absolute atomic E-state index is 5.68. The highest BCUT2D eigenvalue weighted by atomic mass is 32.1. The smallest absolute Gasteiger partial charge is 0.103 e. The molecular formula is C14H16N2OS2. The van der Waals surface area contributed by atoms with Crippen molar-refractivity contribution in [3.8, 4) is 0 Å². The second-order valence-corrected chi connectivity index (χ2v) is 5.61. The summed E-state index contributed by atoms with van der Waals surface area (Å²) in [7, 11) is 0. The Bertz CT molecular complexity index is 566. The zero-order chi connectivity index (χ0) is 13.7. The van der Waals surface area contributed by atoms with Gasteiger partial charge in [-0.2, -0.15) is 0 Å². The van der Waals surface area contributed by atoms with E-state index in [1.165, 1.54) is 4.88 Å². The predicted molar refractivity (Wildman–Crippen MR) is 82.5 cm³/mol. The third kappa shape index (κ3) is 4.09. The van der Waals surface area contributed by atoms with E-state index < -0.39 is 0 Å². The zero-order valence-corrected chi connectivity index (χ0v) is 12.4. The summed E-state index contributed by atoms with van der Waals surface area (Å²) < 4.78 is 5.68. The van der Waals surface area contributed by atoms with Gasteiger partial charge in [-0.1, -0.05) is 30.4 Å². The van der Waals surface area contributed by atoms with Gasteiger partial charge < -0.3 is 10.5 Å². The Labute approximate surface area is 122 Å². The van der Waals surface area contributed by atoms with E-state index in [2.05, 4.69) is 4.98 Å². The Hall–Kier alpha value is -1.30. The van der Waals surface area contributed by atoms with Gasteiger partial charge in [0, 0.05) is 16.9 Å². The molecule has 0 fully saturated rings. The third-order valence-electron chi connectivity index (χ3n) is 2.80. The van der Waals surface area contributed by atoms with Gasteiger partial charge in [0.2, 0.25) is 0 Å². The van der Waals surface area contributed by atoms with Crippen LogP contribution in [0.25, 0.3) is 0 Å². The van der Waals surface area contributed by atoms with E-state index in [0.717, 1.165) is 23.2 Å². The number of thiazole rings is 1. The number of ether oxygens (including phenoxy) is 1. The quantitative estimate of drug-likeness (QED) is 0.657. The van der Waals surface area contributed by atoms with Gasteiger partial charge in [-0.15, -0.1) is 11.3 Å². The molecule has 5 heteroatoms. The van der Waals surface area contributed by atoms with Gasteiger partial charge in [-0.25, -0.2) is 4.98 Å². The lowest BCUT2D eigenvalue weighted by Gasteiger charge is -2.06. The molecule has 0 aliphatic rings. The van der Waals surface area contributed by atoms with E-state index in [1.54, 1.807) is 11.3 Å². The van der Waals surface area contributed by atoms with Crippen molar-refractivity contribution >= 4 is 28.5 Å². The van der Waals surface area contributed by atoms with Crippen LogP contribution in [0.15, 0.2) is 29.8 Å². The molecular weight excluding hydrogens is 276 g/mol. The van der Waals surface area contributed by atoms with Crippen molar-refractivity contribution in [2.45, 2.75) is 20.0 Å². The Morgan fingerprint density at radius 3 is 3.00 bits per heavy atom. The molecule has 1 heterocycles. The van der Waals surface area contributed by atoms with E-state index in [1.807, 2.05) is 36.7 Å². The highest BCUT2D eigenvalue weighted by molar-refractivity contribution is 7.80. The van der Waals surface area contributed by atoms with E-state index >= 15 is 0 Å². The molecule has 0 aliphatic carbocycles. The molecule has 3 nitrogen and oxygen atoms in total. The SMILES string of the molecule is Cc1ncsc1CCOCc1cccc(C(N)=S)c1. The minimum Gasteiger partial charge on any atom is -0.389 e. The molecule has 0 saturated carbocycles. The van der Waals surface area contributed by atoms with Gasteiger partial charge in [-0.05, 0) is 18.6 Å². The summed E-state index contributed by atoms with van der Waals surface area (Å²) in [6, 6.07) is 7.84. The number of aromatic nitrogens is 1. The topological polar surface area (TPSA) is 48.1 Å². The van der Waals surface area contributed by atoms with Gasteiger partial charge in [0.05, 0.1) is 24.4 Å². The first-order chi connectivity index (χ1) is 9.16. The molecule has 0 spiro atoms. The largest absolute Gasteiger partial charge is 0.389 e. The van der Waals surface area contributed by atoms with Gasteiger partial charge >= 0.3 is 0 Å². The molecule has 1 aromatic carbocycles. The van der Waals surface area contributed by atoms with Gasteiger partial charge in [0.1, 0.15) is 4.99 Å². The van der Waals surface area contributed by atoms with Gasteiger partial charge in [0.25, 0.3) is 0 Å². The Morgan fingerprint density at radius 2 is 2.32 bits per heavy atom. The molecule has 19 heavy (non-hydrogen) atoms. The van der Waals surface area contributed by atoms with Crippen LogP contribution in [0.3, 0.4) is 0 Å². The number of aryl methyl sites for hydroxylation is 1. The predicted octanol–water partition coefficient (Wildman–Crippen LogP) is 2.85. The number of nitrogens with two attached hydrogens (primary N) is 1. The van der Waals surface area contributed by atoms with E-state index in [9.17, 15) is 0 Å². The summed E-state index contributed by atoms with van der Waals surface area (Å²) in [5, 5.41) is 0. The highest BCUT2D eigenvalue weighted by Crippen LogP contribution is 2.13. The molecule has 0 radical (unpaired) electrons. The minimum absolute atomic E-state index is 0.419. The van der Waals surface area contributed by atoms with Crippen LogP contribution in [-0.2, 0) is 17.8 Å². The summed E-state index contributed by atoms with van der Waals surface area (Å²) in [5.41, 5.74) is 10.5. The monoisotopic (exact) mass is 292 g/mol. The number of nitrogens with zero attached hydrogens (tertiary/aromatic N) is 1. The maximum Gasteiger partial charge on any atom is 0.103 e. The Balaban J connectivity index is 1.81. The van der Waals surface area contributed by atoms with Crippen molar-refractivity contribution in [3.63, 3.8) is 0 Å². The number of rotatable bonds is 6. The third-order valence-corrected chi connectivity index (χ3v) is 4.03. The second-order valence-electron chi connectivity index (χ2n) is 4.23. The highest BCUT2D eigenvalue weighted by Gasteiger charge is 2.02. The molecule has 2 N–H and O–H groups in total. The first-order valence-electron chi connectivity index (χ1n) is 6.02. The molecule has 0 amide bonds. The van der Waals surface area contributed by atoms with E-state index in [0.29, 0.717) is 18.2 Å². The van der Waals surface area contributed by atoms with Crippen molar-refractivity contribution < 1.29 is 4.74 Å². The number of thiocarbonyl (C=S) groups is 1. The van der Waals surface area contributed by atoms with Gasteiger partial charge in [0.15, 0.2) is 0 Å². The molecule has 2 rings (SSSR count).